The van der Waals surface area contributed by atoms with Crippen LogP contribution in [0.1, 0.15) is 17.2 Å². The lowest BCUT2D eigenvalue weighted by Gasteiger charge is -2.24. The fourth-order valence-electron chi connectivity index (χ4n) is 2.69. The molecule has 0 saturated carbocycles. The average molecular weight is 324 g/mol. The largest absolute Gasteiger partial charge is 0.378 e. The fraction of sp³-hybridized carbons (Fsp3) is 0.375. The van der Waals surface area contributed by atoms with Crippen LogP contribution in [0.25, 0.3) is 0 Å². The second kappa shape index (κ2) is 6.78. The quantitative estimate of drug-likeness (QED) is 0.892. The molecule has 0 amide bonds. The van der Waals surface area contributed by atoms with E-state index >= 15 is 0 Å². The molecule has 1 aliphatic rings. The zero-order chi connectivity index (χ0) is 17.1. The number of benzene rings is 1. The van der Waals surface area contributed by atoms with Crippen LogP contribution in [0.2, 0.25) is 0 Å². The number of nitrogens with zero attached hydrogens (tertiary/aromatic N) is 6. The monoisotopic (exact) mass is 324 g/mol. The van der Waals surface area contributed by atoms with Crippen LogP contribution >= 0.6 is 0 Å². The molecule has 1 atom stereocenters. The number of nitrogens with two attached hydrogens (primary N) is 1. The molecule has 3 rings (SSSR count). The fourth-order valence-corrected chi connectivity index (χ4v) is 2.69. The van der Waals surface area contributed by atoms with Crippen LogP contribution in [0.15, 0.2) is 34.6 Å². The maximum absolute atomic E-state index is 9.20. The number of rotatable bonds is 4. The Kier molecular flexibility index (Phi) is 4.55. The molecule has 1 aliphatic heterocycles. The van der Waals surface area contributed by atoms with Gasteiger partial charge in [-0.2, -0.15) is 10.4 Å². The van der Waals surface area contributed by atoms with E-state index in [-0.39, 0.29) is 6.04 Å². The van der Waals surface area contributed by atoms with Gasteiger partial charge in [0.2, 0.25) is 0 Å². The summed E-state index contributed by atoms with van der Waals surface area (Å²) in [6, 6.07) is 8.13. The zero-order valence-electron chi connectivity index (χ0n) is 13.8. The first-order valence-electron chi connectivity index (χ1n) is 7.76. The normalized spacial score (nSPS) is 17.2. The van der Waals surface area contributed by atoms with Gasteiger partial charge in [0.15, 0.2) is 5.82 Å². The molecule has 1 aromatic carbocycles. The number of hydrogen-bond donors (Lipinski definition) is 2. The van der Waals surface area contributed by atoms with Crippen molar-refractivity contribution in [1.29, 1.82) is 5.26 Å². The third-order valence-electron chi connectivity index (χ3n) is 3.98. The highest BCUT2D eigenvalue weighted by Crippen LogP contribution is 2.35. The SMILES string of the molecule is CN(C)c1ccc2c(c1)C(NCCN)Cn1ncc(C#N)c1/N=N/2. The second-order valence-corrected chi connectivity index (χ2v) is 5.81. The highest BCUT2D eigenvalue weighted by molar-refractivity contribution is 5.59. The van der Waals surface area contributed by atoms with Crippen LogP contribution in [0, 0.1) is 11.3 Å². The Labute approximate surface area is 140 Å². The van der Waals surface area contributed by atoms with Gasteiger partial charge in [0.05, 0.1) is 24.5 Å². The van der Waals surface area contributed by atoms with Crippen molar-refractivity contribution in [3.05, 3.63) is 35.5 Å². The minimum atomic E-state index is -0.0205. The zero-order valence-corrected chi connectivity index (χ0v) is 13.8. The van der Waals surface area contributed by atoms with E-state index in [1.807, 2.05) is 31.1 Å². The Morgan fingerprint density at radius 3 is 2.96 bits per heavy atom. The molecular weight excluding hydrogens is 304 g/mol. The molecule has 0 spiro atoms. The van der Waals surface area contributed by atoms with Crippen molar-refractivity contribution in [2.45, 2.75) is 12.6 Å². The number of fused-ring (bicyclic) bond motifs is 2. The molecule has 24 heavy (non-hydrogen) atoms. The summed E-state index contributed by atoms with van der Waals surface area (Å²) >= 11 is 0. The molecule has 2 heterocycles. The van der Waals surface area contributed by atoms with Crippen molar-refractivity contribution in [2.24, 2.45) is 16.0 Å². The van der Waals surface area contributed by atoms with Gasteiger partial charge in [0, 0.05) is 38.4 Å². The van der Waals surface area contributed by atoms with Gasteiger partial charge in [-0.1, -0.05) is 0 Å². The van der Waals surface area contributed by atoms with Gasteiger partial charge < -0.3 is 16.0 Å². The van der Waals surface area contributed by atoms with Gasteiger partial charge in [0.25, 0.3) is 0 Å². The maximum atomic E-state index is 9.20. The Balaban J connectivity index is 2.10. The molecule has 0 radical (unpaired) electrons. The molecule has 1 unspecified atom stereocenters. The third-order valence-corrected chi connectivity index (χ3v) is 3.98. The van der Waals surface area contributed by atoms with Crippen LogP contribution in [-0.4, -0.2) is 37.0 Å². The lowest BCUT2D eigenvalue weighted by molar-refractivity contribution is 0.442. The molecule has 0 bridgehead atoms. The summed E-state index contributed by atoms with van der Waals surface area (Å²) in [6.07, 6.45) is 1.52. The molecule has 8 heteroatoms. The number of nitriles is 1. The van der Waals surface area contributed by atoms with E-state index in [9.17, 15) is 5.26 Å². The number of aromatic nitrogens is 2. The van der Waals surface area contributed by atoms with Crippen LogP contribution in [0.5, 0.6) is 0 Å². The Morgan fingerprint density at radius 2 is 2.25 bits per heavy atom. The highest BCUT2D eigenvalue weighted by Gasteiger charge is 2.22. The standard InChI is InChI=1S/C16H20N8/c1-23(2)12-3-4-14-13(7-12)15(19-6-5-17)10-24-16(22-21-14)11(8-18)9-20-24/h3-4,7,9,15,19H,5-6,10,17H2,1-2H3/b22-21+. The minimum Gasteiger partial charge on any atom is -0.378 e. The molecule has 0 fully saturated rings. The van der Waals surface area contributed by atoms with Crippen molar-refractivity contribution >= 4 is 17.2 Å². The van der Waals surface area contributed by atoms with E-state index in [2.05, 4.69) is 32.8 Å². The summed E-state index contributed by atoms with van der Waals surface area (Å²) in [5.41, 5.74) is 8.99. The summed E-state index contributed by atoms with van der Waals surface area (Å²) in [7, 11) is 4.00. The maximum Gasteiger partial charge on any atom is 0.191 e. The van der Waals surface area contributed by atoms with Gasteiger partial charge in [-0.3, -0.25) is 0 Å². The molecule has 0 saturated heterocycles. The third kappa shape index (κ3) is 2.99. The van der Waals surface area contributed by atoms with Gasteiger partial charge in [-0.25, -0.2) is 4.68 Å². The second-order valence-electron chi connectivity index (χ2n) is 5.81. The van der Waals surface area contributed by atoms with Crippen LogP contribution in [0.3, 0.4) is 0 Å². The van der Waals surface area contributed by atoms with Gasteiger partial charge in [-0.05, 0) is 18.2 Å². The Bertz CT molecular complexity index is 799. The predicted molar refractivity (Wildman–Crippen MR) is 91.7 cm³/mol. The van der Waals surface area contributed by atoms with Crippen molar-refractivity contribution in [3.8, 4) is 6.07 Å². The Morgan fingerprint density at radius 1 is 1.42 bits per heavy atom. The van der Waals surface area contributed by atoms with Crippen LogP contribution < -0.4 is 16.0 Å². The summed E-state index contributed by atoms with van der Waals surface area (Å²) in [5, 5.41) is 25.5. The van der Waals surface area contributed by atoms with E-state index in [0.29, 0.717) is 31.0 Å². The summed E-state index contributed by atoms with van der Waals surface area (Å²) < 4.78 is 1.71. The van der Waals surface area contributed by atoms with Gasteiger partial charge >= 0.3 is 0 Å². The smallest absolute Gasteiger partial charge is 0.191 e. The van der Waals surface area contributed by atoms with Gasteiger partial charge in [0.1, 0.15) is 11.6 Å². The number of anilines is 1. The van der Waals surface area contributed by atoms with Crippen molar-refractivity contribution in [2.75, 3.05) is 32.1 Å². The summed E-state index contributed by atoms with van der Waals surface area (Å²) in [5.74, 6) is 0.486. The number of nitrogens with one attached hydrogen (secondary N) is 1. The average Bonchev–Trinajstić information content (AvgIpc) is 2.95. The summed E-state index contributed by atoms with van der Waals surface area (Å²) in [4.78, 5) is 2.04. The number of hydrogen-bond acceptors (Lipinski definition) is 7. The first-order chi connectivity index (χ1) is 11.6. The molecule has 3 N–H and O–H groups in total. The molecule has 2 aromatic rings. The summed E-state index contributed by atoms with van der Waals surface area (Å²) in [6.45, 7) is 1.77. The molecular formula is C16H20N8. The van der Waals surface area contributed by atoms with Crippen molar-refractivity contribution in [1.82, 2.24) is 15.1 Å². The topological polar surface area (TPSA) is 108 Å². The first-order valence-corrected chi connectivity index (χ1v) is 7.76. The molecule has 1 aromatic heterocycles. The van der Waals surface area contributed by atoms with E-state index in [4.69, 9.17) is 5.73 Å². The lowest BCUT2D eigenvalue weighted by Crippen LogP contribution is -2.31. The lowest BCUT2D eigenvalue weighted by atomic mass is 10.0. The molecule has 124 valence electrons. The Hall–Kier alpha value is -2.76. The number of azo groups is 1. The predicted octanol–water partition coefficient (Wildman–Crippen LogP) is 1.84. The van der Waals surface area contributed by atoms with Crippen molar-refractivity contribution in [3.63, 3.8) is 0 Å². The van der Waals surface area contributed by atoms with Crippen molar-refractivity contribution < 1.29 is 0 Å². The van der Waals surface area contributed by atoms with E-state index in [0.717, 1.165) is 16.9 Å². The van der Waals surface area contributed by atoms with Crippen LogP contribution in [0.4, 0.5) is 17.2 Å². The van der Waals surface area contributed by atoms with Crippen LogP contribution in [-0.2, 0) is 6.54 Å². The van der Waals surface area contributed by atoms with E-state index in [1.54, 1.807) is 4.68 Å². The van der Waals surface area contributed by atoms with Gasteiger partial charge in [-0.15, -0.1) is 10.2 Å². The van der Waals surface area contributed by atoms with E-state index in [1.165, 1.54) is 6.20 Å². The molecule has 8 nitrogen and oxygen atoms in total. The minimum absolute atomic E-state index is 0.0205. The molecule has 0 aliphatic carbocycles. The first kappa shape index (κ1) is 16.1. The highest BCUT2D eigenvalue weighted by atomic mass is 15.4. The van der Waals surface area contributed by atoms with E-state index < -0.39 is 0 Å².